The first-order valence-electron chi connectivity index (χ1n) is 10.3. The van der Waals surface area contributed by atoms with Gasteiger partial charge < -0.3 is 5.32 Å². The fourth-order valence-electron chi connectivity index (χ4n) is 3.25. The van der Waals surface area contributed by atoms with Crippen LogP contribution < -0.4 is 16.6 Å². The van der Waals surface area contributed by atoms with E-state index in [4.69, 9.17) is 11.6 Å². The molecule has 0 bridgehead atoms. The van der Waals surface area contributed by atoms with Gasteiger partial charge in [-0.25, -0.2) is 9.18 Å². The summed E-state index contributed by atoms with van der Waals surface area (Å²) in [6.07, 6.45) is 2.10. The van der Waals surface area contributed by atoms with Crippen molar-refractivity contribution in [3.05, 3.63) is 122 Å². The second-order valence-electron chi connectivity index (χ2n) is 7.36. The van der Waals surface area contributed by atoms with Gasteiger partial charge in [0, 0.05) is 29.9 Å². The lowest BCUT2D eigenvalue weighted by molar-refractivity contribution is 0.0944. The largest absolute Gasteiger partial charge is 0.352 e. The highest BCUT2D eigenvalue weighted by Crippen LogP contribution is 2.11. The Balaban J connectivity index is 1.70. The number of benzene rings is 2. The smallest absolute Gasteiger partial charge is 0.350 e. The Kier molecular flexibility index (Phi) is 6.93. The summed E-state index contributed by atoms with van der Waals surface area (Å²) in [5.74, 6) is -1.17. The van der Waals surface area contributed by atoms with E-state index in [-0.39, 0.29) is 13.1 Å². The normalized spacial score (nSPS) is 10.8. The third kappa shape index (κ3) is 5.26. The van der Waals surface area contributed by atoms with Crippen molar-refractivity contribution in [2.75, 3.05) is 6.54 Å². The zero-order valence-corrected chi connectivity index (χ0v) is 18.6. The van der Waals surface area contributed by atoms with Crippen LogP contribution in [0.3, 0.4) is 0 Å². The molecule has 0 atom stereocenters. The predicted molar refractivity (Wildman–Crippen MR) is 125 cm³/mol. The van der Waals surface area contributed by atoms with Gasteiger partial charge in [0.05, 0.1) is 12.2 Å². The van der Waals surface area contributed by atoms with Gasteiger partial charge in [0.25, 0.3) is 11.5 Å². The Labute approximate surface area is 198 Å². The number of pyridine rings is 1. The minimum absolute atomic E-state index is 0.164. The molecule has 172 valence electrons. The molecule has 0 fully saturated rings. The molecule has 2 heterocycles. The molecule has 4 rings (SSSR count). The minimum Gasteiger partial charge on any atom is -0.350 e. The topological polar surface area (TPSA) is 98.9 Å². The Morgan fingerprint density at radius 3 is 2.41 bits per heavy atom. The van der Waals surface area contributed by atoms with E-state index in [2.05, 4.69) is 15.4 Å². The number of halogens is 2. The molecule has 2 aromatic carbocycles. The van der Waals surface area contributed by atoms with Crippen LogP contribution in [0.4, 0.5) is 4.39 Å². The second kappa shape index (κ2) is 10.2. The quantitative estimate of drug-likeness (QED) is 0.439. The SMILES string of the molecule is O=C(NCCc1ccccn1)c1nn(-c2ccc(Cl)cc2)c(=O)n(Cc2ccc(F)cc2)c1=O. The summed E-state index contributed by atoms with van der Waals surface area (Å²) in [6, 6.07) is 17.0. The van der Waals surface area contributed by atoms with Crippen LogP contribution in [0.2, 0.25) is 5.02 Å². The number of carbonyl (C=O) groups excluding carboxylic acids is 1. The van der Waals surface area contributed by atoms with E-state index in [1.54, 1.807) is 36.5 Å². The average Bonchev–Trinajstić information content (AvgIpc) is 2.84. The number of nitrogens with one attached hydrogen (secondary N) is 1. The lowest BCUT2D eigenvalue weighted by Crippen LogP contribution is -2.46. The van der Waals surface area contributed by atoms with Crippen molar-refractivity contribution >= 4 is 17.5 Å². The molecule has 0 radical (unpaired) electrons. The summed E-state index contributed by atoms with van der Waals surface area (Å²) in [4.78, 5) is 43.3. The van der Waals surface area contributed by atoms with E-state index >= 15 is 0 Å². The van der Waals surface area contributed by atoms with Crippen LogP contribution in [0, 0.1) is 5.82 Å². The molecule has 0 aliphatic heterocycles. The van der Waals surface area contributed by atoms with Crippen LogP contribution in [0.15, 0.2) is 82.5 Å². The van der Waals surface area contributed by atoms with Crippen molar-refractivity contribution in [2.24, 2.45) is 0 Å². The summed E-state index contributed by atoms with van der Waals surface area (Å²) in [5, 5.41) is 7.16. The van der Waals surface area contributed by atoms with Gasteiger partial charge in [-0.05, 0) is 54.1 Å². The number of hydrogen-bond acceptors (Lipinski definition) is 5. The maximum absolute atomic E-state index is 13.3. The molecule has 0 aliphatic carbocycles. The minimum atomic E-state index is -0.852. The zero-order chi connectivity index (χ0) is 24.1. The first kappa shape index (κ1) is 23.1. The Hall–Kier alpha value is -4.11. The van der Waals surface area contributed by atoms with E-state index in [9.17, 15) is 18.8 Å². The van der Waals surface area contributed by atoms with Gasteiger partial charge in [0.2, 0.25) is 5.69 Å². The molecule has 0 aliphatic rings. The number of amides is 1. The maximum atomic E-state index is 13.3. The highest BCUT2D eigenvalue weighted by atomic mass is 35.5. The van der Waals surface area contributed by atoms with Gasteiger partial charge in [-0.1, -0.05) is 29.8 Å². The predicted octanol–water partition coefficient (Wildman–Crippen LogP) is 2.60. The zero-order valence-electron chi connectivity index (χ0n) is 17.8. The lowest BCUT2D eigenvalue weighted by atomic mass is 10.2. The van der Waals surface area contributed by atoms with Crippen LogP contribution >= 0.6 is 11.6 Å². The summed E-state index contributed by atoms with van der Waals surface area (Å²) < 4.78 is 15.2. The number of nitrogens with zero attached hydrogens (tertiary/aromatic N) is 4. The molecule has 0 spiro atoms. The van der Waals surface area contributed by atoms with E-state index in [1.807, 2.05) is 12.1 Å². The fraction of sp³-hybridized carbons (Fsp3) is 0.125. The number of carbonyl (C=O) groups is 1. The summed E-state index contributed by atoms with van der Waals surface area (Å²) in [6.45, 7) is 0.0528. The van der Waals surface area contributed by atoms with Crippen LogP contribution in [0.25, 0.3) is 5.69 Å². The van der Waals surface area contributed by atoms with Crippen LogP contribution in [-0.2, 0) is 13.0 Å². The molecule has 2 aromatic heterocycles. The van der Waals surface area contributed by atoms with Crippen LogP contribution in [0.5, 0.6) is 0 Å². The highest BCUT2D eigenvalue weighted by molar-refractivity contribution is 6.30. The van der Waals surface area contributed by atoms with Gasteiger partial charge in [-0.2, -0.15) is 9.78 Å². The highest BCUT2D eigenvalue weighted by Gasteiger charge is 2.20. The lowest BCUT2D eigenvalue weighted by Gasteiger charge is -2.12. The molecule has 4 aromatic rings. The van der Waals surface area contributed by atoms with Crippen LogP contribution in [-0.4, -0.2) is 31.8 Å². The summed E-state index contributed by atoms with van der Waals surface area (Å²) in [5.41, 5.74) is -0.439. The van der Waals surface area contributed by atoms with Crippen molar-refractivity contribution in [1.82, 2.24) is 24.6 Å². The van der Waals surface area contributed by atoms with E-state index < -0.39 is 28.7 Å². The molecule has 0 unspecified atom stereocenters. The summed E-state index contributed by atoms with van der Waals surface area (Å²) >= 11 is 5.94. The molecule has 0 saturated carbocycles. The second-order valence-corrected chi connectivity index (χ2v) is 7.80. The van der Waals surface area contributed by atoms with E-state index in [1.165, 1.54) is 24.3 Å². The molecule has 8 nitrogen and oxygen atoms in total. The summed E-state index contributed by atoms with van der Waals surface area (Å²) in [7, 11) is 0. The molecule has 10 heteroatoms. The van der Waals surface area contributed by atoms with E-state index in [0.717, 1.165) is 14.9 Å². The first-order chi connectivity index (χ1) is 16.4. The van der Waals surface area contributed by atoms with Crippen molar-refractivity contribution in [3.63, 3.8) is 0 Å². The van der Waals surface area contributed by atoms with Crippen molar-refractivity contribution < 1.29 is 9.18 Å². The van der Waals surface area contributed by atoms with Gasteiger partial charge in [0.15, 0.2) is 0 Å². The Bertz CT molecular complexity index is 1420. The van der Waals surface area contributed by atoms with Crippen molar-refractivity contribution in [2.45, 2.75) is 13.0 Å². The van der Waals surface area contributed by atoms with Gasteiger partial charge in [-0.15, -0.1) is 0 Å². The standard InChI is InChI=1S/C24H19ClFN5O3/c25-17-6-10-20(11-7-17)31-24(34)30(15-16-4-8-18(26)9-5-16)23(33)21(29-31)22(32)28-14-12-19-3-1-2-13-27-19/h1-11,13H,12,14-15H2,(H,28,32). The van der Waals surface area contributed by atoms with Crippen molar-refractivity contribution in [1.29, 1.82) is 0 Å². The van der Waals surface area contributed by atoms with Gasteiger partial charge >= 0.3 is 5.69 Å². The molecular formula is C24H19ClFN5O3. The van der Waals surface area contributed by atoms with E-state index in [0.29, 0.717) is 22.7 Å². The molecule has 1 N–H and O–H groups in total. The fourth-order valence-corrected chi connectivity index (χ4v) is 3.38. The number of aromatic nitrogens is 4. The van der Waals surface area contributed by atoms with Crippen LogP contribution in [0.1, 0.15) is 21.7 Å². The molecule has 1 amide bonds. The Morgan fingerprint density at radius 1 is 1.00 bits per heavy atom. The number of rotatable bonds is 7. The van der Waals surface area contributed by atoms with Gasteiger partial charge in [-0.3, -0.25) is 19.1 Å². The third-order valence-corrected chi connectivity index (χ3v) is 5.24. The number of hydrogen-bond donors (Lipinski definition) is 1. The average molecular weight is 480 g/mol. The monoisotopic (exact) mass is 479 g/mol. The molecule has 0 saturated heterocycles. The van der Waals surface area contributed by atoms with Crippen molar-refractivity contribution in [3.8, 4) is 5.69 Å². The maximum Gasteiger partial charge on any atom is 0.352 e. The molecular weight excluding hydrogens is 461 g/mol. The third-order valence-electron chi connectivity index (χ3n) is 4.99. The Morgan fingerprint density at radius 2 is 1.74 bits per heavy atom. The molecule has 34 heavy (non-hydrogen) atoms. The first-order valence-corrected chi connectivity index (χ1v) is 10.7. The van der Waals surface area contributed by atoms with Gasteiger partial charge in [0.1, 0.15) is 5.82 Å².